The summed E-state index contributed by atoms with van der Waals surface area (Å²) in [4.78, 5) is 3.83. The summed E-state index contributed by atoms with van der Waals surface area (Å²) in [5, 5.41) is 0. The largest absolute Gasteiger partial charge is 0.345 e. The van der Waals surface area contributed by atoms with Crippen LogP contribution in [-0.2, 0) is 9.47 Å². The molecule has 0 bridgehead atoms. The SMILES string of the molecule is FC(F)c1sc(Br)nc1C1OCCO1. The fourth-order valence-corrected chi connectivity index (χ4v) is 2.53. The summed E-state index contributed by atoms with van der Waals surface area (Å²) in [6, 6.07) is 0. The zero-order valence-corrected chi connectivity index (χ0v) is 9.28. The molecule has 0 atom stereocenters. The van der Waals surface area contributed by atoms with Gasteiger partial charge in [0.2, 0.25) is 6.29 Å². The van der Waals surface area contributed by atoms with E-state index in [1.807, 2.05) is 0 Å². The van der Waals surface area contributed by atoms with Crippen molar-refractivity contribution in [1.82, 2.24) is 4.98 Å². The van der Waals surface area contributed by atoms with Gasteiger partial charge in [-0.15, -0.1) is 11.3 Å². The van der Waals surface area contributed by atoms with Gasteiger partial charge in [0, 0.05) is 0 Å². The van der Waals surface area contributed by atoms with Crippen molar-refractivity contribution in [3.63, 3.8) is 0 Å². The molecule has 7 heteroatoms. The second-order valence-corrected chi connectivity index (χ2v) is 4.90. The first-order chi connectivity index (χ1) is 6.68. The Morgan fingerprint density at radius 2 is 2.07 bits per heavy atom. The predicted octanol–water partition coefficient (Wildman–Crippen LogP) is 2.89. The monoisotopic (exact) mass is 285 g/mol. The molecule has 0 spiro atoms. The minimum Gasteiger partial charge on any atom is -0.345 e. The number of hydrogen-bond acceptors (Lipinski definition) is 4. The van der Waals surface area contributed by atoms with Crippen LogP contribution >= 0.6 is 27.3 Å². The van der Waals surface area contributed by atoms with Gasteiger partial charge in [-0.25, -0.2) is 13.8 Å². The molecular formula is C7H6BrF2NO2S. The fraction of sp³-hybridized carbons (Fsp3) is 0.571. The van der Waals surface area contributed by atoms with Crippen molar-refractivity contribution in [1.29, 1.82) is 0 Å². The van der Waals surface area contributed by atoms with Crippen LogP contribution < -0.4 is 0 Å². The standard InChI is InChI=1S/C7H6BrF2NO2S/c8-7-11-3(4(14-7)5(9)10)6-12-1-2-13-6/h5-6H,1-2H2. The van der Waals surface area contributed by atoms with Gasteiger partial charge in [-0.1, -0.05) is 0 Å². The van der Waals surface area contributed by atoms with Gasteiger partial charge in [0.1, 0.15) is 5.69 Å². The Morgan fingerprint density at radius 3 is 2.64 bits per heavy atom. The molecule has 1 saturated heterocycles. The molecule has 0 aliphatic carbocycles. The molecule has 1 fully saturated rings. The number of rotatable bonds is 2. The number of thiazole rings is 1. The van der Waals surface area contributed by atoms with Gasteiger partial charge in [-0.05, 0) is 15.9 Å². The lowest BCUT2D eigenvalue weighted by Crippen LogP contribution is -2.02. The van der Waals surface area contributed by atoms with Crippen LogP contribution in [0.4, 0.5) is 8.78 Å². The minimum absolute atomic E-state index is 0.0937. The highest BCUT2D eigenvalue weighted by atomic mass is 79.9. The first-order valence-electron chi connectivity index (χ1n) is 3.86. The van der Waals surface area contributed by atoms with E-state index < -0.39 is 12.7 Å². The van der Waals surface area contributed by atoms with Gasteiger partial charge in [0.05, 0.1) is 18.1 Å². The number of halogens is 3. The summed E-state index contributed by atoms with van der Waals surface area (Å²) >= 11 is 3.97. The van der Waals surface area contributed by atoms with Crippen LogP contribution in [0.1, 0.15) is 23.3 Å². The highest BCUT2D eigenvalue weighted by Crippen LogP contribution is 2.37. The molecule has 0 aromatic carbocycles. The molecule has 1 aliphatic rings. The van der Waals surface area contributed by atoms with Gasteiger partial charge < -0.3 is 9.47 Å². The van der Waals surface area contributed by atoms with Crippen molar-refractivity contribution in [3.05, 3.63) is 14.5 Å². The lowest BCUT2D eigenvalue weighted by Gasteiger charge is -2.07. The van der Waals surface area contributed by atoms with Crippen molar-refractivity contribution < 1.29 is 18.3 Å². The molecule has 1 aromatic rings. The summed E-state index contributed by atoms with van der Waals surface area (Å²) in [6.45, 7) is 0.838. The molecule has 0 N–H and O–H groups in total. The molecule has 0 radical (unpaired) electrons. The molecule has 0 unspecified atom stereocenters. The van der Waals surface area contributed by atoms with E-state index in [0.29, 0.717) is 17.1 Å². The van der Waals surface area contributed by atoms with E-state index in [1.165, 1.54) is 0 Å². The van der Waals surface area contributed by atoms with Crippen LogP contribution in [0.25, 0.3) is 0 Å². The highest BCUT2D eigenvalue weighted by molar-refractivity contribution is 9.11. The first kappa shape index (κ1) is 10.4. The Morgan fingerprint density at radius 1 is 1.43 bits per heavy atom. The van der Waals surface area contributed by atoms with Crippen LogP contribution in [0.3, 0.4) is 0 Å². The summed E-state index contributed by atoms with van der Waals surface area (Å²) in [5.41, 5.74) is 0.189. The van der Waals surface area contributed by atoms with Crippen LogP contribution in [-0.4, -0.2) is 18.2 Å². The van der Waals surface area contributed by atoms with Crippen molar-refractivity contribution in [2.24, 2.45) is 0 Å². The van der Waals surface area contributed by atoms with Crippen molar-refractivity contribution in [2.45, 2.75) is 12.7 Å². The molecule has 2 rings (SSSR count). The molecule has 3 nitrogen and oxygen atoms in total. The lowest BCUT2D eigenvalue weighted by atomic mass is 10.3. The number of aromatic nitrogens is 1. The van der Waals surface area contributed by atoms with Crippen molar-refractivity contribution >= 4 is 27.3 Å². The third-order valence-corrected chi connectivity index (χ3v) is 3.23. The quantitative estimate of drug-likeness (QED) is 0.837. The number of ether oxygens (including phenoxy) is 2. The van der Waals surface area contributed by atoms with Crippen LogP contribution in [0.15, 0.2) is 3.92 Å². The highest BCUT2D eigenvalue weighted by Gasteiger charge is 2.28. The van der Waals surface area contributed by atoms with E-state index in [2.05, 4.69) is 20.9 Å². The smallest absolute Gasteiger partial charge is 0.274 e. The Bertz CT molecular complexity index is 327. The van der Waals surface area contributed by atoms with Crippen LogP contribution in [0, 0.1) is 0 Å². The van der Waals surface area contributed by atoms with E-state index >= 15 is 0 Å². The van der Waals surface area contributed by atoms with Gasteiger partial charge >= 0.3 is 0 Å². The normalized spacial score (nSPS) is 18.3. The fourth-order valence-electron chi connectivity index (χ4n) is 1.16. The molecule has 1 aromatic heterocycles. The maximum Gasteiger partial charge on any atom is 0.274 e. The zero-order chi connectivity index (χ0) is 10.1. The second-order valence-electron chi connectivity index (χ2n) is 2.59. The third kappa shape index (κ3) is 1.95. The van der Waals surface area contributed by atoms with Crippen LogP contribution in [0.2, 0.25) is 0 Å². The lowest BCUT2D eigenvalue weighted by molar-refractivity contribution is -0.0492. The number of alkyl halides is 2. The van der Waals surface area contributed by atoms with E-state index in [4.69, 9.17) is 9.47 Å². The molecule has 0 saturated carbocycles. The van der Waals surface area contributed by atoms with E-state index in [9.17, 15) is 8.78 Å². The van der Waals surface area contributed by atoms with E-state index in [-0.39, 0.29) is 10.6 Å². The molecular weight excluding hydrogens is 280 g/mol. The maximum absolute atomic E-state index is 12.5. The number of hydrogen-bond donors (Lipinski definition) is 0. The zero-order valence-electron chi connectivity index (χ0n) is 6.87. The average molecular weight is 286 g/mol. The summed E-state index contributed by atoms with van der Waals surface area (Å²) in [6.07, 6.45) is -3.27. The van der Waals surface area contributed by atoms with Crippen molar-refractivity contribution in [2.75, 3.05) is 13.2 Å². The van der Waals surface area contributed by atoms with Crippen molar-refractivity contribution in [3.8, 4) is 0 Å². The molecule has 78 valence electrons. The first-order valence-corrected chi connectivity index (χ1v) is 5.47. The van der Waals surface area contributed by atoms with Gasteiger partial charge in [0.15, 0.2) is 3.92 Å². The van der Waals surface area contributed by atoms with E-state index in [1.54, 1.807) is 0 Å². The summed E-state index contributed by atoms with van der Waals surface area (Å²) < 4.78 is 35.7. The van der Waals surface area contributed by atoms with Gasteiger partial charge in [0.25, 0.3) is 6.43 Å². The summed E-state index contributed by atoms with van der Waals surface area (Å²) in [5.74, 6) is 0. The van der Waals surface area contributed by atoms with Crippen LogP contribution in [0.5, 0.6) is 0 Å². The number of nitrogens with zero attached hydrogens (tertiary/aromatic N) is 1. The Balaban J connectivity index is 2.30. The minimum atomic E-state index is -2.54. The molecule has 1 aliphatic heterocycles. The van der Waals surface area contributed by atoms with E-state index in [0.717, 1.165) is 11.3 Å². The molecule has 14 heavy (non-hydrogen) atoms. The Labute approximate surface area is 91.2 Å². The Hall–Kier alpha value is -0.110. The topological polar surface area (TPSA) is 31.4 Å². The summed E-state index contributed by atoms with van der Waals surface area (Å²) in [7, 11) is 0. The Kier molecular flexibility index (Phi) is 3.10. The van der Waals surface area contributed by atoms with Gasteiger partial charge in [-0.2, -0.15) is 0 Å². The molecule has 2 heterocycles. The molecule has 0 amide bonds. The average Bonchev–Trinajstić information content (AvgIpc) is 2.70. The van der Waals surface area contributed by atoms with Gasteiger partial charge in [-0.3, -0.25) is 0 Å². The predicted molar refractivity (Wildman–Crippen MR) is 49.4 cm³/mol. The maximum atomic E-state index is 12.5. The second kappa shape index (κ2) is 4.18. The third-order valence-electron chi connectivity index (χ3n) is 1.70.